The second-order valence-corrected chi connectivity index (χ2v) is 5.04. The van der Waals surface area contributed by atoms with Gasteiger partial charge in [-0.1, -0.05) is 0 Å². The van der Waals surface area contributed by atoms with Crippen LogP contribution in [0.3, 0.4) is 0 Å². The number of rotatable bonds is 6. The van der Waals surface area contributed by atoms with Crippen molar-refractivity contribution in [3.63, 3.8) is 0 Å². The van der Waals surface area contributed by atoms with E-state index >= 15 is 0 Å². The quantitative estimate of drug-likeness (QED) is 0.663. The van der Waals surface area contributed by atoms with E-state index < -0.39 is 0 Å². The maximum Gasteiger partial charge on any atom is 0.0641 e. The number of aliphatic hydroxyl groups excluding tert-OH is 1. The average Bonchev–Trinajstić information content (AvgIpc) is 2.16. The minimum absolute atomic E-state index is 0.0427. The first kappa shape index (κ1) is 12.9. The molecule has 1 aliphatic rings. The number of unbranched alkanes of at least 4 members (excludes halogenated alkanes) is 2. The number of ether oxygens (including phenoxy) is 1. The van der Waals surface area contributed by atoms with Gasteiger partial charge in [0, 0.05) is 19.3 Å². The van der Waals surface area contributed by atoms with Crippen molar-refractivity contribution in [2.45, 2.75) is 57.6 Å². The molecule has 1 saturated heterocycles. The summed E-state index contributed by atoms with van der Waals surface area (Å²) in [5, 5.41) is 12.2. The highest BCUT2D eigenvalue weighted by Gasteiger charge is 2.28. The summed E-state index contributed by atoms with van der Waals surface area (Å²) in [6, 6.07) is 0.614. The molecule has 1 heterocycles. The third kappa shape index (κ3) is 5.50. The number of aliphatic hydroxyl groups is 1. The van der Waals surface area contributed by atoms with Crippen LogP contribution in [0.4, 0.5) is 0 Å². The lowest BCUT2D eigenvalue weighted by Gasteiger charge is -2.36. The highest BCUT2D eigenvalue weighted by Crippen LogP contribution is 2.23. The van der Waals surface area contributed by atoms with Gasteiger partial charge in [-0.25, -0.2) is 0 Å². The molecule has 0 bridgehead atoms. The van der Waals surface area contributed by atoms with Crippen LogP contribution in [0.2, 0.25) is 0 Å². The third-order valence-corrected chi connectivity index (χ3v) is 2.96. The summed E-state index contributed by atoms with van der Waals surface area (Å²) < 4.78 is 5.67. The average molecular weight is 215 g/mol. The maximum absolute atomic E-state index is 8.65. The molecule has 1 rings (SSSR count). The number of nitrogens with one attached hydrogen (secondary N) is 1. The highest BCUT2D eigenvalue weighted by atomic mass is 16.5. The van der Waals surface area contributed by atoms with Crippen LogP contribution in [-0.2, 0) is 4.74 Å². The molecule has 1 atom stereocenters. The Morgan fingerprint density at radius 1 is 1.33 bits per heavy atom. The van der Waals surface area contributed by atoms with Crippen LogP contribution < -0.4 is 5.32 Å². The van der Waals surface area contributed by atoms with Crippen LogP contribution in [0.15, 0.2) is 0 Å². The van der Waals surface area contributed by atoms with Gasteiger partial charge in [0.15, 0.2) is 0 Å². The Hall–Kier alpha value is -0.120. The normalized spacial score (nSPS) is 25.4. The van der Waals surface area contributed by atoms with Gasteiger partial charge in [-0.3, -0.25) is 0 Å². The lowest BCUT2D eigenvalue weighted by atomic mass is 9.94. The molecule has 1 unspecified atom stereocenters. The minimum Gasteiger partial charge on any atom is -0.396 e. The standard InChI is InChI=1S/C12H25NO2/c1-12(2)10-11(6-9-15-12)13-7-4-3-5-8-14/h11,13-14H,3-10H2,1-2H3. The Morgan fingerprint density at radius 2 is 2.13 bits per heavy atom. The minimum atomic E-state index is 0.0427. The number of hydrogen-bond donors (Lipinski definition) is 2. The molecule has 1 fully saturated rings. The van der Waals surface area contributed by atoms with E-state index in [1.54, 1.807) is 0 Å². The van der Waals surface area contributed by atoms with Crippen molar-refractivity contribution in [1.82, 2.24) is 5.32 Å². The van der Waals surface area contributed by atoms with Crippen molar-refractivity contribution in [2.24, 2.45) is 0 Å². The van der Waals surface area contributed by atoms with Gasteiger partial charge < -0.3 is 15.2 Å². The Labute approximate surface area is 93.2 Å². The van der Waals surface area contributed by atoms with Gasteiger partial charge in [-0.2, -0.15) is 0 Å². The topological polar surface area (TPSA) is 41.5 Å². The summed E-state index contributed by atoms with van der Waals surface area (Å²) in [5.74, 6) is 0. The third-order valence-electron chi connectivity index (χ3n) is 2.96. The zero-order valence-electron chi connectivity index (χ0n) is 10.1. The van der Waals surface area contributed by atoms with Gasteiger partial charge in [-0.05, 0) is 52.5 Å². The fourth-order valence-electron chi connectivity index (χ4n) is 2.13. The van der Waals surface area contributed by atoms with Gasteiger partial charge in [0.25, 0.3) is 0 Å². The molecular weight excluding hydrogens is 190 g/mol. The van der Waals surface area contributed by atoms with Gasteiger partial charge in [-0.15, -0.1) is 0 Å². The monoisotopic (exact) mass is 215 g/mol. The number of hydrogen-bond acceptors (Lipinski definition) is 3. The van der Waals surface area contributed by atoms with E-state index in [0.717, 1.165) is 38.8 Å². The van der Waals surface area contributed by atoms with Gasteiger partial charge in [0.05, 0.1) is 5.60 Å². The van der Waals surface area contributed by atoms with E-state index in [1.165, 1.54) is 6.42 Å². The summed E-state index contributed by atoms with van der Waals surface area (Å²) in [6.07, 6.45) is 5.45. The summed E-state index contributed by atoms with van der Waals surface area (Å²) in [5.41, 5.74) is 0.0427. The lowest BCUT2D eigenvalue weighted by molar-refractivity contribution is -0.0628. The summed E-state index contributed by atoms with van der Waals surface area (Å²) >= 11 is 0. The molecule has 3 nitrogen and oxygen atoms in total. The molecule has 0 aromatic carbocycles. The Bertz CT molecular complexity index is 171. The van der Waals surface area contributed by atoms with E-state index in [4.69, 9.17) is 9.84 Å². The zero-order chi connectivity index (χ0) is 11.1. The van der Waals surface area contributed by atoms with Crippen molar-refractivity contribution in [2.75, 3.05) is 19.8 Å². The van der Waals surface area contributed by atoms with E-state index in [9.17, 15) is 0 Å². The SMILES string of the molecule is CC1(C)CC(NCCCCCO)CCO1. The van der Waals surface area contributed by atoms with E-state index in [1.807, 2.05) is 0 Å². The maximum atomic E-state index is 8.65. The molecule has 90 valence electrons. The van der Waals surface area contributed by atoms with Crippen molar-refractivity contribution in [3.05, 3.63) is 0 Å². The van der Waals surface area contributed by atoms with Crippen LogP contribution in [-0.4, -0.2) is 36.5 Å². The lowest BCUT2D eigenvalue weighted by Crippen LogP contribution is -2.43. The predicted octanol–water partition coefficient (Wildman–Crippen LogP) is 1.70. The fourth-order valence-corrected chi connectivity index (χ4v) is 2.13. The molecular formula is C12H25NO2. The van der Waals surface area contributed by atoms with Crippen LogP contribution in [0.5, 0.6) is 0 Å². The van der Waals surface area contributed by atoms with Crippen molar-refractivity contribution < 1.29 is 9.84 Å². The Kier molecular flexibility index (Phi) is 5.58. The smallest absolute Gasteiger partial charge is 0.0641 e. The fraction of sp³-hybridized carbons (Fsp3) is 1.00. The zero-order valence-corrected chi connectivity index (χ0v) is 10.1. The van der Waals surface area contributed by atoms with Crippen LogP contribution in [0.25, 0.3) is 0 Å². The Balaban J connectivity index is 2.05. The van der Waals surface area contributed by atoms with E-state index in [0.29, 0.717) is 12.6 Å². The molecule has 0 saturated carbocycles. The molecule has 0 aliphatic carbocycles. The van der Waals surface area contributed by atoms with Crippen LogP contribution in [0.1, 0.15) is 46.0 Å². The molecule has 0 aromatic heterocycles. The Morgan fingerprint density at radius 3 is 2.80 bits per heavy atom. The van der Waals surface area contributed by atoms with Crippen LogP contribution >= 0.6 is 0 Å². The van der Waals surface area contributed by atoms with E-state index in [-0.39, 0.29) is 5.60 Å². The molecule has 0 radical (unpaired) electrons. The molecule has 1 aliphatic heterocycles. The van der Waals surface area contributed by atoms with Gasteiger partial charge in [0.2, 0.25) is 0 Å². The summed E-state index contributed by atoms with van der Waals surface area (Å²) in [4.78, 5) is 0. The first-order chi connectivity index (χ1) is 7.14. The van der Waals surface area contributed by atoms with Crippen LogP contribution in [0, 0.1) is 0 Å². The predicted molar refractivity (Wildman–Crippen MR) is 62.0 cm³/mol. The van der Waals surface area contributed by atoms with Crippen molar-refractivity contribution in [3.8, 4) is 0 Å². The molecule has 0 amide bonds. The second-order valence-electron chi connectivity index (χ2n) is 5.04. The largest absolute Gasteiger partial charge is 0.396 e. The molecule has 3 heteroatoms. The highest BCUT2D eigenvalue weighted by molar-refractivity contribution is 4.82. The first-order valence-corrected chi connectivity index (χ1v) is 6.12. The summed E-state index contributed by atoms with van der Waals surface area (Å²) in [6.45, 7) is 6.59. The van der Waals surface area contributed by atoms with Crippen molar-refractivity contribution in [1.29, 1.82) is 0 Å². The molecule has 0 aromatic rings. The summed E-state index contributed by atoms with van der Waals surface area (Å²) in [7, 11) is 0. The first-order valence-electron chi connectivity index (χ1n) is 6.12. The molecule has 0 spiro atoms. The van der Waals surface area contributed by atoms with Gasteiger partial charge in [0.1, 0.15) is 0 Å². The molecule has 2 N–H and O–H groups in total. The van der Waals surface area contributed by atoms with Crippen molar-refractivity contribution >= 4 is 0 Å². The van der Waals surface area contributed by atoms with E-state index in [2.05, 4.69) is 19.2 Å². The second kappa shape index (κ2) is 6.46. The molecule has 15 heavy (non-hydrogen) atoms. The van der Waals surface area contributed by atoms with Gasteiger partial charge >= 0.3 is 0 Å².